The molecule has 0 saturated heterocycles. The first-order valence-electron chi connectivity index (χ1n) is 10.4. The Labute approximate surface area is 182 Å². The highest BCUT2D eigenvalue weighted by Gasteiger charge is 2.10. The average molecular weight is 420 g/mol. The normalized spacial score (nSPS) is 12.7. The van der Waals surface area contributed by atoms with Gasteiger partial charge in [0.05, 0.1) is 6.10 Å². The lowest BCUT2D eigenvalue weighted by atomic mass is 10.1. The van der Waals surface area contributed by atoms with Gasteiger partial charge in [0.1, 0.15) is 6.23 Å². The van der Waals surface area contributed by atoms with E-state index in [4.69, 9.17) is 0 Å². The monoisotopic (exact) mass is 419 g/mol. The lowest BCUT2D eigenvalue weighted by Gasteiger charge is -2.14. The van der Waals surface area contributed by atoms with Gasteiger partial charge in [-0.3, -0.25) is 4.79 Å². The Bertz CT molecular complexity index is 918. The summed E-state index contributed by atoms with van der Waals surface area (Å²) in [5.74, 6) is -0.296. The molecule has 0 aliphatic rings. The summed E-state index contributed by atoms with van der Waals surface area (Å²) in [5.41, 5.74) is 3.52. The van der Waals surface area contributed by atoms with Gasteiger partial charge in [0.2, 0.25) is 0 Å². The molecule has 0 spiro atoms. The van der Waals surface area contributed by atoms with E-state index in [1.807, 2.05) is 60.7 Å². The summed E-state index contributed by atoms with van der Waals surface area (Å²) in [6, 6.07) is 26.4. The van der Waals surface area contributed by atoms with Crippen LogP contribution in [0.4, 0.5) is 5.69 Å². The zero-order chi connectivity index (χ0) is 21.9. The first-order valence-corrected chi connectivity index (χ1v) is 10.4. The second kappa shape index (κ2) is 11.9. The van der Waals surface area contributed by atoms with Crippen LogP contribution in [0, 0.1) is 0 Å². The van der Waals surface area contributed by atoms with Crippen LogP contribution in [0.2, 0.25) is 0 Å². The second-order valence-electron chi connectivity index (χ2n) is 7.31. The number of carbonyl (C=O) groups excluding carboxylic acids is 1. The lowest BCUT2D eigenvalue weighted by Crippen LogP contribution is -2.42. The number of nitrogens with one attached hydrogen (secondary N) is 3. The molecule has 1 amide bonds. The number of aliphatic hydroxyl groups is 2. The van der Waals surface area contributed by atoms with Gasteiger partial charge in [-0.05, 0) is 48.4 Å². The van der Waals surface area contributed by atoms with Crippen LogP contribution in [0.1, 0.15) is 27.6 Å². The van der Waals surface area contributed by atoms with Crippen molar-refractivity contribution in [2.45, 2.75) is 18.8 Å². The van der Waals surface area contributed by atoms with Gasteiger partial charge in [-0.15, -0.1) is 0 Å². The zero-order valence-corrected chi connectivity index (χ0v) is 17.4. The molecule has 6 nitrogen and oxygen atoms in total. The molecule has 0 aliphatic carbocycles. The molecule has 3 aromatic rings. The fraction of sp³-hybridized carbons (Fsp3) is 0.240. The number of hydrogen-bond donors (Lipinski definition) is 5. The molecule has 0 unspecified atom stereocenters. The third-order valence-electron chi connectivity index (χ3n) is 4.90. The van der Waals surface area contributed by atoms with Crippen LogP contribution in [0.3, 0.4) is 0 Å². The van der Waals surface area contributed by atoms with Crippen LogP contribution in [0.5, 0.6) is 0 Å². The molecule has 5 N–H and O–H groups in total. The SMILES string of the molecule is O=C(N[C@H](O)CNCCc1ccc(NC[C@H](O)c2ccccc2)cc1)c1ccccc1. The van der Waals surface area contributed by atoms with E-state index in [0.29, 0.717) is 18.7 Å². The Morgan fingerprint density at radius 2 is 1.45 bits per heavy atom. The van der Waals surface area contributed by atoms with Crippen LogP contribution in [-0.4, -0.2) is 42.0 Å². The maximum Gasteiger partial charge on any atom is 0.253 e. The number of rotatable bonds is 11. The van der Waals surface area contributed by atoms with E-state index in [1.54, 1.807) is 24.3 Å². The number of carbonyl (C=O) groups is 1. The molecule has 3 aromatic carbocycles. The van der Waals surface area contributed by atoms with Crippen LogP contribution < -0.4 is 16.0 Å². The van der Waals surface area contributed by atoms with Crippen molar-refractivity contribution in [3.05, 3.63) is 102 Å². The molecule has 0 radical (unpaired) electrons. The molecule has 0 fully saturated rings. The van der Waals surface area contributed by atoms with Crippen LogP contribution >= 0.6 is 0 Å². The van der Waals surface area contributed by atoms with E-state index >= 15 is 0 Å². The second-order valence-corrected chi connectivity index (χ2v) is 7.31. The Hall–Kier alpha value is -3.19. The number of amides is 1. The molecule has 0 saturated carbocycles. The highest BCUT2D eigenvalue weighted by molar-refractivity contribution is 5.94. The molecule has 0 aromatic heterocycles. The van der Waals surface area contributed by atoms with Crippen molar-refractivity contribution in [2.75, 3.05) is 25.0 Å². The number of benzene rings is 3. The standard InChI is InChI=1S/C25H29N3O3/c29-23(20-7-3-1-4-8-20)17-27-22-13-11-19(12-14-22)15-16-26-18-24(30)28-25(31)21-9-5-2-6-10-21/h1-14,23-24,26-27,29-30H,15-18H2,(H,28,31)/t23-,24+/m0/s1. The first-order chi connectivity index (χ1) is 15.1. The van der Waals surface area contributed by atoms with Crippen molar-refractivity contribution in [1.29, 1.82) is 0 Å². The Kier molecular flexibility index (Phi) is 8.60. The topological polar surface area (TPSA) is 93.6 Å². The van der Waals surface area contributed by atoms with Gasteiger partial charge in [-0.2, -0.15) is 0 Å². The number of anilines is 1. The Balaban J connectivity index is 1.33. The summed E-state index contributed by atoms with van der Waals surface area (Å²) in [7, 11) is 0. The van der Waals surface area contributed by atoms with E-state index in [0.717, 1.165) is 23.2 Å². The molecule has 0 aliphatic heterocycles. The molecule has 2 atom stereocenters. The third-order valence-corrected chi connectivity index (χ3v) is 4.90. The summed E-state index contributed by atoms with van der Waals surface area (Å²) in [6.07, 6.45) is -0.707. The fourth-order valence-corrected chi connectivity index (χ4v) is 3.14. The third kappa shape index (κ3) is 7.53. The first kappa shape index (κ1) is 22.5. The van der Waals surface area contributed by atoms with Gasteiger partial charge in [0.15, 0.2) is 0 Å². The van der Waals surface area contributed by atoms with Gasteiger partial charge < -0.3 is 26.2 Å². The molecule has 31 heavy (non-hydrogen) atoms. The highest BCUT2D eigenvalue weighted by atomic mass is 16.3. The van der Waals surface area contributed by atoms with E-state index in [9.17, 15) is 15.0 Å². The number of aliphatic hydroxyl groups excluding tert-OH is 2. The smallest absolute Gasteiger partial charge is 0.253 e. The number of hydrogen-bond acceptors (Lipinski definition) is 5. The highest BCUT2D eigenvalue weighted by Crippen LogP contribution is 2.15. The Morgan fingerprint density at radius 1 is 0.806 bits per heavy atom. The van der Waals surface area contributed by atoms with Crippen LogP contribution in [0.15, 0.2) is 84.9 Å². The molecule has 6 heteroatoms. The van der Waals surface area contributed by atoms with Crippen molar-refractivity contribution in [3.63, 3.8) is 0 Å². The van der Waals surface area contributed by atoms with Crippen molar-refractivity contribution < 1.29 is 15.0 Å². The summed E-state index contributed by atoms with van der Waals surface area (Å²) < 4.78 is 0. The van der Waals surface area contributed by atoms with Crippen LogP contribution in [-0.2, 0) is 6.42 Å². The lowest BCUT2D eigenvalue weighted by molar-refractivity contribution is 0.0783. The van der Waals surface area contributed by atoms with Crippen molar-refractivity contribution >= 4 is 11.6 Å². The molecule has 0 bridgehead atoms. The maximum atomic E-state index is 12.0. The van der Waals surface area contributed by atoms with Crippen molar-refractivity contribution in [2.24, 2.45) is 0 Å². The zero-order valence-electron chi connectivity index (χ0n) is 17.4. The molecular formula is C25H29N3O3. The summed E-state index contributed by atoms with van der Waals surface area (Å²) in [6.45, 7) is 1.39. The van der Waals surface area contributed by atoms with Crippen molar-refractivity contribution in [1.82, 2.24) is 10.6 Å². The summed E-state index contributed by atoms with van der Waals surface area (Å²) in [5, 5.41) is 29.2. The largest absolute Gasteiger partial charge is 0.387 e. The average Bonchev–Trinajstić information content (AvgIpc) is 2.82. The van der Waals surface area contributed by atoms with E-state index in [2.05, 4.69) is 16.0 Å². The van der Waals surface area contributed by atoms with Crippen molar-refractivity contribution in [3.8, 4) is 0 Å². The molecule has 3 rings (SSSR count). The van der Waals surface area contributed by atoms with E-state index < -0.39 is 12.3 Å². The Morgan fingerprint density at radius 3 is 2.13 bits per heavy atom. The van der Waals surface area contributed by atoms with E-state index in [1.165, 1.54) is 0 Å². The van der Waals surface area contributed by atoms with Gasteiger partial charge in [-0.1, -0.05) is 60.7 Å². The molecular weight excluding hydrogens is 390 g/mol. The maximum absolute atomic E-state index is 12.0. The summed E-state index contributed by atoms with van der Waals surface area (Å²) in [4.78, 5) is 12.0. The molecule has 162 valence electrons. The minimum atomic E-state index is -0.949. The minimum absolute atomic E-state index is 0.273. The predicted molar refractivity (Wildman–Crippen MR) is 123 cm³/mol. The fourth-order valence-electron chi connectivity index (χ4n) is 3.14. The van der Waals surface area contributed by atoms with Gasteiger partial charge in [0.25, 0.3) is 5.91 Å². The van der Waals surface area contributed by atoms with Gasteiger partial charge in [0, 0.05) is 24.3 Å². The van der Waals surface area contributed by atoms with Crippen LogP contribution in [0.25, 0.3) is 0 Å². The van der Waals surface area contributed by atoms with Gasteiger partial charge >= 0.3 is 0 Å². The van der Waals surface area contributed by atoms with E-state index in [-0.39, 0.29) is 12.5 Å². The molecule has 0 heterocycles. The predicted octanol–water partition coefficient (Wildman–Crippen LogP) is 2.71. The minimum Gasteiger partial charge on any atom is -0.387 e. The summed E-state index contributed by atoms with van der Waals surface area (Å²) >= 11 is 0. The quantitative estimate of drug-likeness (QED) is 0.243. The van der Waals surface area contributed by atoms with Gasteiger partial charge in [-0.25, -0.2) is 0 Å².